The van der Waals surface area contributed by atoms with E-state index in [0.29, 0.717) is 4.48 Å². The number of aromatic nitrogens is 1. The standard InChI is InChI=1S/C20H21N4S/c1-15(23-16-7-3-2-4-8-16)24(19-10-6-5-9-17(19)21)12-11-18-20(13-24)25-14-22-18/h2-10,14H,11-13,21H2,1H3/q+1. The lowest BCUT2D eigenvalue weighted by Gasteiger charge is -2.39. The molecule has 25 heavy (non-hydrogen) atoms. The molecule has 0 bridgehead atoms. The maximum atomic E-state index is 6.38. The first-order chi connectivity index (χ1) is 12.2. The highest BCUT2D eigenvalue weighted by molar-refractivity contribution is 7.09. The topological polar surface area (TPSA) is 51.3 Å². The average molecular weight is 349 g/mol. The first kappa shape index (κ1) is 16.0. The Morgan fingerprint density at radius 1 is 1.12 bits per heavy atom. The van der Waals surface area contributed by atoms with Crippen molar-refractivity contribution in [2.45, 2.75) is 19.9 Å². The maximum Gasteiger partial charge on any atom is 0.205 e. The number of nitrogens with two attached hydrogens (primary N) is 1. The molecular weight excluding hydrogens is 328 g/mol. The van der Waals surface area contributed by atoms with Crippen molar-refractivity contribution in [2.75, 3.05) is 12.3 Å². The summed E-state index contributed by atoms with van der Waals surface area (Å²) in [6.45, 7) is 3.90. The van der Waals surface area contributed by atoms with Crippen molar-refractivity contribution in [1.29, 1.82) is 0 Å². The van der Waals surface area contributed by atoms with Gasteiger partial charge in [0.05, 0.1) is 34.0 Å². The van der Waals surface area contributed by atoms with E-state index in [4.69, 9.17) is 10.7 Å². The van der Waals surface area contributed by atoms with Gasteiger partial charge >= 0.3 is 0 Å². The molecule has 0 spiro atoms. The number of rotatable bonds is 2. The number of nitrogen functional groups attached to an aromatic ring is 1. The Kier molecular flexibility index (Phi) is 4.11. The highest BCUT2D eigenvalue weighted by Crippen LogP contribution is 2.38. The smallest absolute Gasteiger partial charge is 0.205 e. The molecule has 3 aromatic rings. The van der Waals surface area contributed by atoms with Gasteiger partial charge < -0.3 is 5.73 Å². The van der Waals surface area contributed by atoms with E-state index in [2.05, 4.69) is 24.0 Å². The van der Waals surface area contributed by atoms with Crippen LogP contribution in [0.15, 0.2) is 65.1 Å². The van der Waals surface area contributed by atoms with Crippen LogP contribution >= 0.6 is 11.3 Å². The van der Waals surface area contributed by atoms with E-state index >= 15 is 0 Å². The molecule has 1 aliphatic heterocycles. The molecule has 0 fully saturated rings. The third kappa shape index (κ3) is 2.86. The zero-order chi connectivity index (χ0) is 17.3. The van der Waals surface area contributed by atoms with E-state index in [1.54, 1.807) is 11.3 Å². The fraction of sp³-hybridized carbons (Fsp3) is 0.200. The van der Waals surface area contributed by atoms with Crippen molar-refractivity contribution in [1.82, 2.24) is 9.47 Å². The van der Waals surface area contributed by atoms with Crippen LogP contribution in [0.1, 0.15) is 17.5 Å². The third-order valence-corrected chi connectivity index (χ3v) is 5.79. The molecule has 1 aliphatic rings. The quantitative estimate of drug-likeness (QED) is 0.320. The lowest BCUT2D eigenvalue weighted by molar-refractivity contribution is 0.386. The predicted octanol–water partition coefficient (Wildman–Crippen LogP) is 4.54. The highest BCUT2D eigenvalue weighted by atomic mass is 32.1. The molecule has 126 valence electrons. The maximum absolute atomic E-state index is 6.38. The van der Waals surface area contributed by atoms with E-state index in [0.717, 1.165) is 42.4 Å². The van der Waals surface area contributed by atoms with Crippen molar-refractivity contribution in [3.63, 3.8) is 0 Å². The van der Waals surface area contributed by atoms with Gasteiger partial charge in [0, 0.05) is 19.4 Å². The molecule has 0 saturated carbocycles. The fourth-order valence-electron chi connectivity index (χ4n) is 3.57. The normalized spacial score (nSPS) is 20.3. The van der Waals surface area contributed by atoms with Crippen molar-refractivity contribution < 1.29 is 0 Å². The summed E-state index contributed by atoms with van der Waals surface area (Å²) in [5.41, 5.74) is 12.5. The Bertz CT molecular complexity index is 916. The van der Waals surface area contributed by atoms with E-state index in [-0.39, 0.29) is 0 Å². The Hall–Kier alpha value is -2.50. The van der Waals surface area contributed by atoms with Crippen LogP contribution in [0.4, 0.5) is 17.1 Å². The van der Waals surface area contributed by atoms with E-state index in [1.165, 1.54) is 10.6 Å². The number of fused-ring (bicyclic) bond motifs is 1. The van der Waals surface area contributed by atoms with E-state index < -0.39 is 0 Å². The molecule has 0 amide bonds. The second-order valence-electron chi connectivity index (χ2n) is 6.38. The number of amidine groups is 1. The molecule has 2 N–H and O–H groups in total. The molecule has 5 heteroatoms. The van der Waals surface area contributed by atoms with Crippen molar-refractivity contribution in [3.8, 4) is 0 Å². The van der Waals surface area contributed by atoms with Crippen LogP contribution in [-0.4, -0.2) is 17.4 Å². The molecular formula is C20H21N4S+. The number of quaternary nitrogens is 1. The van der Waals surface area contributed by atoms with Gasteiger partial charge in [0.1, 0.15) is 6.54 Å². The number of anilines is 1. The number of hydrogen-bond donors (Lipinski definition) is 1. The molecule has 2 heterocycles. The zero-order valence-electron chi connectivity index (χ0n) is 14.2. The monoisotopic (exact) mass is 349 g/mol. The van der Waals surface area contributed by atoms with Gasteiger partial charge in [-0.3, -0.25) is 0 Å². The van der Waals surface area contributed by atoms with Gasteiger partial charge in [0.2, 0.25) is 5.84 Å². The van der Waals surface area contributed by atoms with Crippen molar-refractivity contribution in [2.24, 2.45) is 4.99 Å². The Labute approximate surface area is 151 Å². The van der Waals surface area contributed by atoms with Crippen LogP contribution in [0.5, 0.6) is 0 Å². The number of nitrogens with zero attached hydrogens (tertiary/aromatic N) is 3. The minimum absolute atomic E-state index is 0.663. The number of benzene rings is 2. The summed E-state index contributed by atoms with van der Waals surface area (Å²) in [5, 5.41) is 0. The number of aliphatic imine (C=N–C) groups is 1. The third-order valence-electron chi connectivity index (χ3n) is 4.93. The van der Waals surface area contributed by atoms with Crippen LogP contribution in [-0.2, 0) is 13.0 Å². The molecule has 1 aromatic heterocycles. The van der Waals surface area contributed by atoms with Crippen molar-refractivity contribution >= 4 is 34.2 Å². The van der Waals surface area contributed by atoms with Gasteiger partial charge in [-0.05, 0) is 18.2 Å². The lowest BCUT2D eigenvalue weighted by Crippen LogP contribution is -2.55. The largest absolute Gasteiger partial charge is 0.394 e. The zero-order valence-corrected chi connectivity index (χ0v) is 15.0. The predicted molar refractivity (Wildman–Crippen MR) is 106 cm³/mol. The molecule has 1 atom stereocenters. The van der Waals surface area contributed by atoms with Crippen LogP contribution in [0.3, 0.4) is 0 Å². The molecule has 1 unspecified atom stereocenters. The van der Waals surface area contributed by atoms with Gasteiger partial charge in [-0.1, -0.05) is 30.3 Å². The first-order valence-electron chi connectivity index (χ1n) is 8.43. The van der Waals surface area contributed by atoms with Gasteiger partial charge in [0.15, 0.2) is 5.69 Å². The Morgan fingerprint density at radius 2 is 1.88 bits per heavy atom. The number of para-hydroxylation sites is 3. The summed E-state index contributed by atoms with van der Waals surface area (Å²) in [6, 6.07) is 18.3. The van der Waals surface area contributed by atoms with E-state index in [9.17, 15) is 0 Å². The summed E-state index contributed by atoms with van der Waals surface area (Å²) in [6.07, 6.45) is 0.939. The second kappa shape index (κ2) is 6.43. The highest BCUT2D eigenvalue weighted by Gasteiger charge is 2.41. The van der Waals surface area contributed by atoms with Gasteiger partial charge in [-0.2, -0.15) is 0 Å². The van der Waals surface area contributed by atoms with Gasteiger partial charge in [0.25, 0.3) is 0 Å². The molecule has 0 aliphatic carbocycles. The van der Waals surface area contributed by atoms with Crippen LogP contribution < -0.4 is 10.2 Å². The van der Waals surface area contributed by atoms with Crippen LogP contribution in [0, 0.1) is 0 Å². The summed E-state index contributed by atoms with van der Waals surface area (Å²) in [4.78, 5) is 10.8. The van der Waals surface area contributed by atoms with Gasteiger partial charge in [-0.15, -0.1) is 11.3 Å². The van der Waals surface area contributed by atoms with Crippen molar-refractivity contribution in [3.05, 3.63) is 70.7 Å². The number of hydrogen-bond acceptors (Lipinski definition) is 4. The molecule has 4 rings (SSSR count). The lowest BCUT2D eigenvalue weighted by atomic mass is 10.1. The molecule has 2 aromatic carbocycles. The second-order valence-corrected chi connectivity index (χ2v) is 7.31. The first-order valence-corrected chi connectivity index (χ1v) is 9.31. The summed E-state index contributed by atoms with van der Waals surface area (Å²) < 4.78 is 0.663. The molecule has 0 saturated heterocycles. The molecule has 0 radical (unpaired) electrons. The Morgan fingerprint density at radius 3 is 2.68 bits per heavy atom. The average Bonchev–Trinajstić information content (AvgIpc) is 3.10. The molecule has 4 nitrogen and oxygen atoms in total. The fourth-order valence-corrected chi connectivity index (χ4v) is 4.46. The summed E-state index contributed by atoms with van der Waals surface area (Å²) in [7, 11) is 0. The van der Waals surface area contributed by atoms with Crippen LogP contribution in [0.2, 0.25) is 0 Å². The Balaban J connectivity index is 1.86. The summed E-state index contributed by atoms with van der Waals surface area (Å²) in [5.74, 6) is 1.06. The van der Waals surface area contributed by atoms with Crippen LogP contribution in [0.25, 0.3) is 0 Å². The minimum atomic E-state index is 0.663. The SMILES string of the molecule is CC(=Nc1ccccc1)[N+]1(c2ccccc2N)CCc2ncsc2C1. The van der Waals surface area contributed by atoms with E-state index in [1.807, 2.05) is 48.0 Å². The number of thiazole rings is 1. The summed E-state index contributed by atoms with van der Waals surface area (Å²) >= 11 is 1.73. The minimum Gasteiger partial charge on any atom is -0.394 e. The van der Waals surface area contributed by atoms with Gasteiger partial charge in [-0.25, -0.2) is 14.5 Å².